The number of esters is 1. The number of aliphatic imine (C=N–C) groups is 1. The molecule has 1 rings (SSSR count). The number of nitrogens with zero attached hydrogens (tertiary/aromatic N) is 1. The molecule has 0 fully saturated rings. The molecule has 2 N–H and O–H groups in total. The largest absolute Gasteiger partial charge is 0.469 e. The first-order valence-electron chi connectivity index (χ1n) is 7.79. The highest BCUT2D eigenvalue weighted by atomic mass is 16.5. The molecule has 0 aromatic heterocycles. The standard InChI is InChI=1S/C17H27N3O2/c1-5-14-9-7-8-10-15(14)12-20-17(18-6-2)19-11-13(3)16(21)22-4/h7-10,13H,5-6,11-12H2,1-4H3,(H2,18,19,20). The van der Waals surface area contributed by atoms with E-state index in [1.807, 2.05) is 26.0 Å². The molecule has 5 heteroatoms. The van der Waals surface area contributed by atoms with E-state index in [1.54, 1.807) is 0 Å². The molecule has 0 amide bonds. The molecular formula is C17H27N3O2. The van der Waals surface area contributed by atoms with Gasteiger partial charge in [0.05, 0.1) is 19.6 Å². The van der Waals surface area contributed by atoms with Crippen LogP contribution in [0, 0.1) is 5.92 Å². The second-order valence-electron chi connectivity index (χ2n) is 5.12. The van der Waals surface area contributed by atoms with Gasteiger partial charge in [-0.15, -0.1) is 0 Å². The van der Waals surface area contributed by atoms with E-state index in [9.17, 15) is 4.79 Å². The van der Waals surface area contributed by atoms with Crippen LogP contribution in [-0.2, 0) is 22.5 Å². The van der Waals surface area contributed by atoms with Crippen molar-refractivity contribution >= 4 is 11.9 Å². The number of methoxy groups -OCH3 is 1. The highest BCUT2D eigenvalue weighted by Crippen LogP contribution is 2.10. The zero-order valence-electron chi connectivity index (χ0n) is 14.0. The normalized spacial score (nSPS) is 12.6. The van der Waals surface area contributed by atoms with Crippen LogP contribution in [0.1, 0.15) is 31.9 Å². The number of nitrogens with one attached hydrogen (secondary N) is 2. The van der Waals surface area contributed by atoms with Gasteiger partial charge in [0.1, 0.15) is 0 Å². The van der Waals surface area contributed by atoms with Crippen LogP contribution in [0.25, 0.3) is 0 Å². The quantitative estimate of drug-likeness (QED) is 0.460. The van der Waals surface area contributed by atoms with Crippen molar-refractivity contribution in [1.82, 2.24) is 10.6 Å². The van der Waals surface area contributed by atoms with E-state index >= 15 is 0 Å². The van der Waals surface area contributed by atoms with Crippen LogP contribution in [0.5, 0.6) is 0 Å². The number of rotatable bonds is 7. The zero-order chi connectivity index (χ0) is 16.4. The van der Waals surface area contributed by atoms with Crippen molar-refractivity contribution in [2.75, 3.05) is 20.2 Å². The van der Waals surface area contributed by atoms with Crippen LogP contribution in [0.2, 0.25) is 0 Å². The zero-order valence-corrected chi connectivity index (χ0v) is 14.0. The van der Waals surface area contributed by atoms with Gasteiger partial charge in [-0.05, 0) is 24.5 Å². The molecule has 1 aromatic carbocycles. The van der Waals surface area contributed by atoms with Crippen molar-refractivity contribution in [3.63, 3.8) is 0 Å². The Morgan fingerprint density at radius 1 is 1.23 bits per heavy atom. The molecule has 122 valence electrons. The fourth-order valence-electron chi connectivity index (χ4n) is 2.10. The summed E-state index contributed by atoms with van der Waals surface area (Å²) < 4.78 is 4.72. The number of guanidine groups is 1. The number of hydrogen-bond acceptors (Lipinski definition) is 3. The maximum absolute atomic E-state index is 11.4. The van der Waals surface area contributed by atoms with Crippen LogP contribution in [0.15, 0.2) is 29.3 Å². The smallest absolute Gasteiger partial charge is 0.310 e. The van der Waals surface area contributed by atoms with Gasteiger partial charge in [-0.3, -0.25) is 4.79 Å². The van der Waals surface area contributed by atoms with Crippen molar-refractivity contribution in [3.8, 4) is 0 Å². The first kappa shape index (κ1) is 18.0. The highest BCUT2D eigenvalue weighted by molar-refractivity contribution is 5.80. The Morgan fingerprint density at radius 3 is 2.50 bits per heavy atom. The minimum absolute atomic E-state index is 0.211. The van der Waals surface area contributed by atoms with E-state index < -0.39 is 0 Å². The Kier molecular flexibility index (Phi) is 8.04. The molecule has 1 aromatic rings. The molecule has 5 nitrogen and oxygen atoms in total. The van der Waals surface area contributed by atoms with E-state index in [1.165, 1.54) is 18.2 Å². The van der Waals surface area contributed by atoms with Crippen LogP contribution in [0.4, 0.5) is 0 Å². The summed E-state index contributed by atoms with van der Waals surface area (Å²) in [5.74, 6) is 0.278. The molecule has 0 saturated heterocycles. The van der Waals surface area contributed by atoms with Gasteiger partial charge in [-0.2, -0.15) is 0 Å². The third-order valence-electron chi connectivity index (χ3n) is 3.43. The summed E-state index contributed by atoms with van der Waals surface area (Å²) in [5, 5.41) is 6.37. The monoisotopic (exact) mass is 305 g/mol. The van der Waals surface area contributed by atoms with Gasteiger partial charge >= 0.3 is 5.97 Å². The average molecular weight is 305 g/mol. The predicted molar refractivity (Wildman–Crippen MR) is 89.8 cm³/mol. The minimum atomic E-state index is -0.223. The lowest BCUT2D eigenvalue weighted by Crippen LogP contribution is -2.40. The van der Waals surface area contributed by atoms with Crippen molar-refractivity contribution in [3.05, 3.63) is 35.4 Å². The SMILES string of the molecule is CCNC(=NCc1ccccc1CC)NCC(C)C(=O)OC. The van der Waals surface area contributed by atoms with Gasteiger partial charge in [-0.1, -0.05) is 38.1 Å². The van der Waals surface area contributed by atoms with Gasteiger partial charge in [0.15, 0.2) is 5.96 Å². The molecule has 0 radical (unpaired) electrons. The Balaban J connectivity index is 2.67. The van der Waals surface area contributed by atoms with Gasteiger partial charge in [0, 0.05) is 13.1 Å². The minimum Gasteiger partial charge on any atom is -0.469 e. The van der Waals surface area contributed by atoms with Crippen molar-refractivity contribution < 1.29 is 9.53 Å². The molecule has 0 bridgehead atoms. The van der Waals surface area contributed by atoms with Crippen LogP contribution < -0.4 is 10.6 Å². The molecule has 0 saturated carbocycles. The van der Waals surface area contributed by atoms with Gasteiger partial charge in [0.25, 0.3) is 0 Å². The summed E-state index contributed by atoms with van der Waals surface area (Å²) in [4.78, 5) is 16.0. The molecule has 0 aliphatic carbocycles. The third-order valence-corrected chi connectivity index (χ3v) is 3.43. The summed E-state index contributed by atoms with van der Waals surface area (Å²) in [6.45, 7) is 7.87. The van der Waals surface area contributed by atoms with E-state index in [2.05, 4.69) is 34.7 Å². The van der Waals surface area contributed by atoms with Crippen LogP contribution in [0.3, 0.4) is 0 Å². The maximum atomic E-state index is 11.4. The fraction of sp³-hybridized carbons (Fsp3) is 0.529. The fourth-order valence-corrected chi connectivity index (χ4v) is 2.10. The lowest BCUT2D eigenvalue weighted by Gasteiger charge is -2.14. The van der Waals surface area contributed by atoms with E-state index in [0.29, 0.717) is 19.0 Å². The predicted octanol–water partition coefficient (Wildman–Crippen LogP) is 2.11. The number of carbonyl (C=O) groups is 1. The molecule has 0 aliphatic heterocycles. The molecule has 1 atom stereocenters. The van der Waals surface area contributed by atoms with Crippen LogP contribution in [-0.4, -0.2) is 32.1 Å². The van der Waals surface area contributed by atoms with Crippen molar-refractivity contribution in [2.45, 2.75) is 33.7 Å². The number of hydrogen-bond donors (Lipinski definition) is 2. The van der Waals surface area contributed by atoms with E-state index in [4.69, 9.17) is 4.74 Å². The van der Waals surface area contributed by atoms with E-state index in [0.717, 1.165) is 13.0 Å². The lowest BCUT2D eigenvalue weighted by molar-refractivity contribution is -0.144. The molecule has 0 spiro atoms. The number of aryl methyl sites for hydroxylation is 1. The Labute approximate surface area is 133 Å². The average Bonchev–Trinajstić information content (AvgIpc) is 2.56. The second-order valence-corrected chi connectivity index (χ2v) is 5.12. The summed E-state index contributed by atoms with van der Waals surface area (Å²) >= 11 is 0. The summed E-state index contributed by atoms with van der Waals surface area (Å²) in [6.07, 6.45) is 0.995. The first-order chi connectivity index (χ1) is 10.6. The maximum Gasteiger partial charge on any atom is 0.310 e. The molecule has 1 unspecified atom stereocenters. The molecule has 0 heterocycles. The van der Waals surface area contributed by atoms with Crippen molar-refractivity contribution in [2.24, 2.45) is 10.9 Å². The lowest BCUT2D eigenvalue weighted by atomic mass is 10.1. The molecule has 22 heavy (non-hydrogen) atoms. The third kappa shape index (κ3) is 5.76. The Hall–Kier alpha value is -2.04. The Bertz CT molecular complexity index is 500. The second kappa shape index (κ2) is 9.82. The summed E-state index contributed by atoms with van der Waals surface area (Å²) in [5.41, 5.74) is 2.54. The summed E-state index contributed by atoms with van der Waals surface area (Å²) in [7, 11) is 1.40. The number of benzene rings is 1. The van der Waals surface area contributed by atoms with Gasteiger partial charge in [-0.25, -0.2) is 4.99 Å². The van der Waals surface area contributed by atoms with Crippen LogP contribution >= 0.6 is 0 Å². The summed E-state index contributed by atoms with van der Waals surface area (Å²) in [6, 6.07) is 8.31. The molecule has 0 aliphatic rings. The number of ether oxygens (including phenoxy) is 1. The topological polar surface area (TPSA) is 62.7 Å². The number of carbonyl (C=O) groups excluding carboxylic acids is 1. The van der Waals surface area contributed by atoms with E-state index in [-0.39, 0.29) is 11.9 Å². The molecular weight excluding hydrogens is 278 g/mol. The Morgan fingerprint density at radius 2 is 1.91 bits per heavy atom. The highest BCUT2D eigenvalue weighted by Gasteiger charge is 2.13. The van der Waals surface area contributed by atoms with Gasteiger partial charge in [0.2, 0.25) is 0 Å². The van der Waals surface area contributed by atoms with Crippen molar-refractivity contribution in [1.29, 1.82) is 0 Å². The van der Waals surface area contributed by atoms with Gasteiger partial charge < -0.3 is 15.4 Å². The first-order valence-corrected chi connectivity index (χ1v) is 7.79.